The third-order valence-corrected chi connectivity index (χ3v) is 5.49. The minimum absolute atomic E-state index is 0.192. The maximum Gasteiger partial charge on any atom is 0.251 e. The Morgan fingerprint density at radius 1 is 1.23 bits per heavy atom. The number of sulfonamides is 1. The molecule has 0 aliphatic heterocycles. The van der Waals surface area contributed by atoms with Crippen molar-refractivity contribution >= 4 is 15.9 Å². The molecule has 2 rings (SSSR count). The number of benzene rings is 1. The average Bonchev–Trinajstić information content (AvgIpc) is 3.31. The lowest BCUT2D eigenvalue weighted by molar-refractivity contribution is 0.0951. The molecule has 0 aromatic heterocycles. The van der Waals surface area contributed by atoms with Crippen LogP contribution < -0.4 is 5.32 Å². The van der Waals surface area contributed by atoms with Crippen molar-refractivity contribution in [2.75, 3.05) is 13.1 Å². The SMILES string of the molecule is CCCN(CCC)S(=O)(=O)c1cccc(C(=O)NC2CC2)c1. The van der Waals surface area contributed by atoms with E-state index in [1.807, 2.05) is 13.8 Å². The molecule has 1 aromatic carbocycles. The number of carbonyl (C=O) groups is 1. The highest BCUT2D eigenvalue weighted by atomic mass is 32.2. The van der Waals surface area contributed by atoms with Crippen molar-refractivity contribution in [3.8, 4) is 0 Å². The lowest BCUT2D eigenvalue weighted by Crippen LogP contribution is -2.33. The van der Waals surface area contributed by atoms with E-state index in [2.05, 4.69) is 5.32 Å². The predicted octanol–water partition coefficient (Wildman–Crippen LogP) is 2.39. The Morgan fingerprint density at radius 2 is 1.86 bits per heavy atom. The van der Waals surface area contributed by atoms with Gasteiger partial charge in [0.1, 0.15) is 0 Å². The highest BCUT2D eigenvalue weighted by Gasteiger charge is 2.26. The van der Waals surface area contributed by atoms with Crippen LogP contribution in [0.4, 0.5) is 0 Å². The Balaban J connectivity index is 2.23. The molecule has 1 aliphatic carbocycles. The molecule has 1 saturated carbocycles. The van der Waals surface area contributed by atoms with Crippen LogP contribution in [-0.4, -0.2) is 37.8 Å². The number of rotatable bonds is 8. The number of carbonyl (C=O) groups excluding carboxylic acids is 1. The van der Waals surface area contributed by atoms with Crippen LogP contribution in [-0.2, 0) is 10.0 Å². The number of nitrogens with one attached hydrogen (secondary N) is 1. The van der Waals surface area contributed by atoms with Crippen molar-refractivity contribution in [3.05, 3.63) is 29.8 Å². The minimum Gasteiger partial charge on any atom is -0.349 e. The van der Waals surface area contributed by atoms with Gasteiger partial charge in [-0.1, -0.05) is 19.9 Å². The van der Waals surface area contributed by atoms with E-state index in [4.69, 9.17) is 0 Å². The molecule has 5 nitrogen and oxygen atoms in total. The highest BCUT2D eigenvalue weighted by molar-refractivity contribution is 7.89. The second kappa shape index (κ2) is 7.24. The topological polar surface area (TPSA) is 66.5 Å². The van der Waals surface area contributed by atoms with E-state index in [0.29, 0.717) is 18.7 Å². The summed E-state index contributed by atoms with van der Waals surface area (Å²) in [5, 5.41) is 2.88. The van der Waals surface area contributed by atoms with Crippen molar-refractivity contribution in [3.63, 3.8) is 0 Å². The Morgan fingerprint density at radius 3 is 2.41 bits per heavy atom. The smallest absolute Gasteiger partial charge is 0.251 e. The van der Waals surface area contributed by atoms with E-state index < -0.39 is 10.0 Å². The molecule has 0 atom stereocenters. The summed E-state index contributed by atoms with van der Waals surface area (Å²) in [7, 11) is -3.54. The molecule has 1 N–H and O–H groups in total. The van der Waals surface area contributed by atoms with E-state index >= 15 is 0 Å². The monoisotopic (exact) mass is 324 g/mol. The van der Waals surface area contributed by atoms with E-state index in [9.17, 15) is 13.2 Å². The maximum absolute atomic E-state index is 12.7. The molecule has 1 fully saturated rings. The zero-order valence-corrected chi connectivity index (χ0v) is 14.0. The van der Waals surface area contributed by atoms with Gasteiger partial charge in [0.25, 0.3) is 5.91 Å². The molecule has 1 amide bonds. The van der Waals surface area contributed by atoms with Gasteiger partial charge in [0.2, 0.25) is 10.0 Å². The standard InChI is InChI=1S/C16H24N2O3S/c1-3-10-18(11-4-2)22(20,21)15-7-5-6-13(12-15)16(19)17-14-8-9-14/h5-7,12,14H,3-4,8-11H2,1-2H3,(H,17,19). The largest absolute Gasteiger partial charge is 0.349 e. The first-order valence-electron chi connectivity index (χ1n) is 7.90. The Hall–Kier alpha value is -1.40. The Bertz CT molecular complexity index is 618. The molecule has 0 heterocycles. The van der Waals surface area contributed by atoms with Gasteiger partial charge in [-0.25, -0.2) is 8.42 Å². The number of amides is 1. The summed E-state index contributed by atoms with van der Waals surface area (Å²) in [4.78, 5) is 12.3. The van der Waals surface area contributed by atoms with Gasteiger partial charge in [-0.3, -0.25) is 4.79 Å². The third kappa shape index (κ3) is 4.08. The molecular formula is C16H24N2O3S. The minimum atomic E-state index is -3.54. The van der Waals surface area contributed by atoms with Crippen LogP contribution >= 0.6 is 0 Å². The number of nitrogens with zero attached hydrogens (tertiary/aromatic N) is 1. The van der Waals surface area contributed by atoms with Gasteiger partial charge < -0.3 is 5.32 Å². The molecule has 1 aliphatic rings. The van der Waals surface area contributed by atoms with Crippen LogP contribution in [0.1, 0.15) is 49.9 Å². The van der Waals surface area contributed by atoms with E-state index in [0.717, 1.165) is 25.7 Å². The second-order valence-electron chi connectivity index (χ2n) is 5.68. The third-order valence-electron chi connectivity index (χ3n) is 3.59. The normalized spacial score (nSPS) is 15.0. The highest BCUT2D eigenvalue weighted by Crippen LogP contribution is 2.21. The van der Waals surface area contributed by atoms with Crippen LogP contribution in [0.3, 0.4) is 0 Å². The molecule has 0 radical (unpaired) electrons. The van der Waals surface area contributed by atoms with Crippen molar-refractivity contribution < 1.29 is 13.2 Å². The van der Waals surface area contributed by atoms with Crippen molar-refractivity contribution in [1.82, 2.24) is 9.62 Å². The Kier molecular flexibility index (Phi) is 5.58. The fourth-order valence-corrected chi connectivity index (χ4v) is 3.96. The van der Waals surface area contributed by atoms with Gasteiger partial charge >= 0.3 is 0 Å². The molecule has 0 spiro atoms. The summed E-state index contributed by atoms with van der Waals surface area (Å²) in [6.45, 7) is 4.90. The number of hydrogen-bond donors (Lipinski definition) is 1. The van der Waals surface area contributed by atoms with Gasteiger partial charge in [0.15, 0.2) is 0 Å². The van der Waals surface area contributed by atoms with Gasteiger partial charge in [-0.15, -0.1) is 0 Å². The first-order valence-corrected chi connectivity index (χ1v) is 9.34. The van der Waals surface area contributed by atoms with Crippen LogP contribution in [0, 0.1) is 0 Å². The van der Waals surface area contributed by atoms with Crippen LogP contribution in [0.5, 0.6) is 0 Å². The lowest BCUT2D eigenvalue weighted by atomic mass is 10.2. The quantitative estimate of drug-likeness (QED) is 0.798. The van der Waals surface area contributed by atoms with Gasteiger partial charge in [-0.2, -0.15) is 4.31 Å². The summed E-state index contributed by atoms with van der Waals surface area (Å²) < 4.78 is 26.9. The molecule has 22 heavy (non-hydrogen) atoms. The van der Waals surface area contributed by atoms with E-state index in [1.165, 1.54) is 10.4 Å². The maximum atomic E-state index is 12.7. The van der Waals surface area contributed by atoms with Gasteiger partial charge in [-0.05, 0) is 43.9 Å². The summed E-state index contributed by atoms with van der Waals surface area (Å²) in [5.74, 6) is -0.197. The number of hydrogen-bond acceptors (Lipinski definition) is 3. The van der Waals surface area contributed by atoms with Crippen LogP contribution in [0.15, 0.2) is 29.2 Å². The van der Waals surface area contributed by atoms with Crippen molar-refractivity contribution in [2.45, 2.75) is 50.5 Å². The van der Waals surface area contributed by atoms with E-state index in [-0.39, 0.29) is 16.8 Å². The first kappa shape index (κ1) is 17.0. The average molecular weight is 324 g/mol. The lowest BCUT2D eigenvalue weighted by Gasteiger charge is -2.21. The van der Waals surface area contributed by atoms with Crippen LogP contribution in [0.2, 0.25) is 0 Å². The Labute approximate surface area is 132 Å². The summed E-state index contributed by atoms with van der Waals surface area (Å²) in [5.41, 5.74) is 0.404. The zero-order chi connectivity index (χ0) is 16.2. The van der Waals surface area contributed by atoms with Gasteiger partial charge in [0, 0.05) is 24.7 Å². The molecule has 0 bridgehead atoms. The first-order chi connectivity index (χ1) is 10.5. The zero-order valence-electron chi connectivity index (χ0n) is 13.2. The molecule has 122 valence electrons. The van der Waals surface area contributed by atoms with Crippen molar-refractivity contribution in [2.24, 2.45) is 0 Å². The molecule has 0 saturated heterocycles. The summed E-state index contributed by atoms with van der Waals surface area (Å²) in [6.07, 6.45) is 3.54. The fourth-order valence-electron chi connectivity index (χ4n) is 2.29. The van der Waals surface area contributed by atoms with Crippen LogP contribution in [0.25, 0.3) is 0 Å². The molecule has 6 heteroatoms. The fraction of sp³-hybridized carbons (Fsp3) is 0.562. The molecule has 0 unspecified atom stereocenters. The predicted molar refractivity (Wildman–Crippen MR) is 86.3 cm³/mol. The summed E-state index contributed by atoms with van der Waals surface area (Å²) >= 11 is 0. The van der Waals surface area contributed by atoms with Gasteiger partial charge in [0.05, 0.1) is 4.90 Å². The molecular weight excluding hydrogens is 300 g/mol. The second-order valence-corrected chi connectivity index (χ2v) is 7.62. The van der Waals surface area contributed by atoms with Crippen molar-refractivity contribution in [1.29, 1.82) is 0 Å². The summed E-state index contributed by atoms with van der Waals surface area (Å²) in [6, 6.07) is 6.57. The van der Waals surface area contributed by atoms with E-state index in [1.54, 1.807) is 18.2 Å². The molecule has 1 aromatic rings.